The molecule has 0 aliphatic heterocycles. The number of halogens is 3. The number of carbonyl (C=O) groups is 1. The minimum absolute atomic E-state index is 0.0192. The van der Waals surface area contributed by atoms with Crippen LogP contribution in [-0.2, 0) is 17.7 Å². The van der Waals surface area contributed by atoms with Gasteiger partial charge in [-0.2, -0.15) is 13.2 Å². The molecule has 0 aromatic carbocycles. The SMILES string of the molecule is O=C1CCCc2c1ccc(=O)n2CCOCC(F)(F)F. The molecule has 20 heavy (non-hydrogen) atoms. The molecule has 0 saturated carbocycles. The van der Waals surface area contributed by atoms with Gasteiger partial charge in [-0.25, -0.2) is 0 Å². The minimum atomic E-state index is -4.38. The molecule has 4 nitrogen and oxygen atoms in total. The lowest BCUT2D eigenvalue weighted by Gasteiger charge is -2.20. The molecule has 7 heteroatoms. The van der Waals surface area contributed by atoms with Crippen LogP contribution in [0.5, 0.6) is 0 Å². The molecule has 2 rings (SSSR count). The van der Waals surface area contributed by atoms with Crippen LogP contribution in [0.2, 0.25) is 0 Å². The number of aromatic nitrogens is 1. The van der Waals surface area contributed by atoms with Crippen LogP contribution < -0.4 is 5.56 Å². The third-order valence-electron chi connectivity index (χ3n) is 3.14. The molecule has 1 aliphatic carbocycles. The summed E-state index contributed by atoms with van der Waals surface area (Å²) >= 11 is 0. The zero-order valence-electron chi connectivity index (χ0n) is 10.7. The molecule has 0 fully saturated rings. The summed E-state index contributed by atoms with van der Waals surface area (Å²) in [5.41, 5.74) is 0.769. The van der Waals surface area contributed by atoms with E-state index in [1.165, 1.54) is 16.7 Å². The normalized spacial score (nSPS) is 15.2. The molecule has 0 atom stereocenters. The van der Waals surface area contributed by atoms with Crippen LogP contribution in [0.1, 0.15) is 28.9 Å². The molecule has 1 heterocycles. The zero-order valence-corrected chi connectivity index (χ0v) is 10.7. The number of hydrogen-bond acceptors (Lipinski definition) is 3. The van der Waals surface area contributed by atoms with Gasteiger partial charge in [-0.15, -0.1) is 0 Å². The molecule has 1 aromatic heterocycles. The number of fused-ring (bicyclic) bond motifs is 1. The van der Waals surface area contributed by atoms with Crippen molar-refractivity contribution in [2.45, 2.75) is 32.0 Å². The molecule has 0 amide bonds. The van der Waals surface area contributed by atoms with E-state index in [4.69, 9.17) is 0 Å². The molecule has 110 valence electrons. The summed E-state index contributed by atoms with van der Waals surface area (Å²) in [4.78, 5) is 23.5. The summed E-state index contributed by atoms with van der Waals surface area (Å²) < 4.78 is 41.7. The molecule has 1 aromatic rings. The van der Waals surface area contributed by atoms with Gasteiger partial charge in [-0.3, -0.25) is 9.59 Å². The Morgan fingerprint density at radius 1 is 1.20 bits per heavy atom. The maximum absolute atomic E-state index is 11.9. The summed E-state index contributed by atoms with van der Waals surface area (Å²) in [5.74, 6) is -0.0313. The predicted molar refractivity (Wildman–Crippen MR) is 64.8 cm³/mol. The molecule has 0 N–H and O–H groups in total. The lowest BCUT2D eigenvalue weighted by atomic mass is 9.94. The highest BCUT2D eigenvalue weighted by atomic mass is 19.4. The first kappa shape index (κ1) is 14.8. The number of alkyl halides is 3. The second kappa shape index (κ2) is 5.78. The number of nitrogens with zero attached hydrogens (tertiary/aromatic N) is 1. The van der Waals surface area contributed by atoms with Crippen molar-refractivity contribution in [1.82, 2.24) is 4.57 Å². The highest BCUT2D eigenvalue weighted by Crippen LogP contribution is 2.19. The second-order valence-corrected chi connectivity index (χ2v) is 4.63. The van der Waals surface area contributed by atoms with Crippen LogP contribution in [0.4, 0.5) is 13.2 Å². The fourth-order valence-corrected chi connectivity index (χ4v) is 2.28. The predicted octanol–water partition coefficient (Wildman–Crippen LogP) is 1.95. The number of carbonyl (C=O) groups excluding carboxylic acids is 1. The highest BCUT2D eigenvalue weighted by molar-refractivity contribution is 5.97. The van der Waals surface area contributed by atoms with Crippen LogP contribution in [-0.4, -0.2) is 29.7 Å². The average molecular weight is 289 g/mol. The fraction of sp³-hybridized carbons (Fsp3) is 0.538. The lowest BCUT2D eigenvalue weighted by Crippen LogP contribution is -2.30. The van der Waals surface area contributed by atoms with Crippen molar-refractivity contribution in [3.63, 3.8) is 0 Å². The van der Waals surface area contributed by atoms with Crippen molar-refractivity contribution in [2.24, 2.45) is 0 Å². The summed E-state index contributed by atoms with van der Waals surface area (Å²) in [5, 5.41) is 0. The zero-order chi connectivity index (χ0) is 14.8. The van der Waals surface area contributed by atoms with Crippen LogP contribution in [0.15, 0.2) is 16.9 Å². The number of rotatable bonds is 4. The lowest BCUT2D eigenvalue weighted by molar-refractivity contribution is -0.174. The van der Waals surface area contributed by atoms with E-state index in [1.54, 1.807) is 0 Å². The van der Waals surface area contributed by atoms with Crippen molar-refractivity contribution in [2.75, 3.05) is 13.2 Å². The summed E-state index contributed by atoms with van der Waals surface area (Å²) in [6, 6.07) is 2.76. The number of Topliss-reactive ketones (excluding diaryl/α,β-unsaturated/α-hetero) is 1. The number of pyridine rings is 1. The van der Waals surface area contributed by atoms with Crippen molar-refractivity contribution in [3.05, 3.63) is 33.7 Å². The summed E-state index contributed by atoms with van der Waals surface area (Å²) in [6.45, 7) is -1.54. The molecular weight excluding hydrogens is 275 g/mol. The molecule has 1 aliphatic rings. The Bertz CT molecular complexity index is 563. The maximum Gasteiger partial charge on any atom is 0.411 e. The van der Waals surface area contributed by atoms with Gasteiger partial charge in [-0.05, 0) is 18.9 Å². The Morgan fingerprint density at radius 3 is 2.65 bits per heavy atom. The smallest absolute Gasteiger partial charge is 0.370 e. The molecule has 0 saturated heterocycles. The van der Waals surface area contributed by atoms with Gasteiger partial charge >= 0.3 is 6.18 Å². The van der Waals surface area contributed by atoms with E-state index < -0.39 is 12.8 Å². The van der Waals surface area contributed by atoms with Gasteiger partial charge in [0.1, 0.15) is 6.61 Å². The second-order valence-electron chi connectivity index (χ2n) is 4.63. The van der Waals surface area contributed by atoms with Crippen molar-refractivity contribution in [3.8, 4) is 0 Å². The molecule has 0 unspecified atom stereocenters. The molecule has 0 bridgehead atoms. The number of ketones is 1. The van der Waals surface area contributed by atoms with Gasteiger partial charge in [-0.1, -0.05) is 0 Å². The highest BCUT2D eigenvalue weighted by Gasteiger charge is 2.27. The van der Waals surface area contributed by atoms with E-state index in [0.717, 1.165) is 0 Å². The summed E-state index contributed by atoms with van der Waals surface area (Å²) in [6.07, 6.45) is -2.71. The van der Waals surface area contributed by atoms with Gasteiger partial charge in [0.05, 0.1) is 6.61 Å². The average Bonchev–Trinajstić information content (AvgIpc) is 2.35. The van der Waals surface area contributed by atoms with E-state index in [0.29, 0.717) is 30.5 Å². The standard InChI is InChI=1S/C13H14F3NO3/c14-13(15,16)8-20-7-6-17-10-2-1-3-11(18)9(10)4-5-12(17)19/h4-5H,1-3,6-8H2. The third kappa shape index (κ3) is 3.47. The van der Waals surface area contributed by atoms with E-state index in [-0.39, 0.29) is 24.5 Å². The fourth-order valence-electron chi connectivity index (χ4n) is 2.28. The van der Waals surface area contributed by atoms with E-state index in [1.807, 2.05) is 0 Å². The molecular formula is C13H14F3NO3. The maximum atomic E-state index is 11.9. The molecule has 0 spiro atoms. The van der Waals surface area contributed by atoms with Crippen LogP contribution in [0.25, 0.3) is 0 Å². The summed E-state index contributed by atoms with van der Waals surface area (Å²) in [7, 11) is 0. The first-order valence-corrected chi connectivity index (χ1v) is 6.29. The Balaban J connectivity index is 2.10. The Kier molecular flexibility index (Phi) is 4.27. The quantitative estimate of drug-likeness (QED) is 0.796. The van der Waals surface area contributed by atoms with E-state index >= 15 is 0 Å². The van der Waals surface area contributed by atoms with Gasteiger partial charge in [0.25, 0.3) is 5.56 Å². The third-order valence-corrected chi connectivity index (χ3v) is 3.14. The van der Waals surface area contributed by atoms with Gasteiger partial charge in [0.15, 0.2) is 5.78 Å². The monoisotopic (exact) mass is 289 g/mol. The Labute approximate surface area is 113 Å². The van der Waals surface area contributed by atoms with Gasteiger partial charge in [0, 0.05) is 30.3 Å². The number of hydrogen-bond donors (Lipinski definition) is 0. The van der Waals surface area contributed by atoms with Crippen LogP contribution >= 0.6 is 0 Å². The topological polar surface area (TPSA) is 48.3 Å². The van der Waals surface area contributed by atoms with E-state index in [2.05, 4.69) is 4.74 Å². The molecule has 0 radical (unpaired) electrons. The van der Waals surface area contributed by atoms with E-state index in [9.17, 15) is 22.8 Å². The first-order chi connectivity index (χ1) is 9.38. The number of ether oxygens (including phenoxy) is 1. The van der Waals surface area contributed by atoms with Crippen LogP contribution in [0, 0.1) is 0 Å². The van der Waals surface area contributed by atoms with Crippen molar-refractivity contribution >= 4 is 5.78 Å². The van der Waals surface area contributed by atoms with Gasteiger partial charge < -0.3 is 9.30 Å². The largest absolute Gasteiger partial charge is 0.411 e. The van der Waals surface area contributed by atoms with Crippen LogP contribution in [0.3, 0.4) is 0 Å². The van der Waals surface area contributed by atoms with Gasteiger partial charge in [0.2, 0.25) is 0 Å². The Hall–Kier alpha value is -1.63. The first-order valence-electron chi connectivity index (χ1n) is 6.29. The minimum Gasteiger partial charge on any atom is -0.370 e. The van der Waals surface area contributed by atoms with Crippen molar-refractivity contribution < 1.29 is 22.7 Å². The Morgan fingerprint density at radius 2 is 1.95 bits per heavy atom. The van der Waals surface area contributed by atoms with Crippen molar-refractivity contribution in [1.29, 1.82) is 0 Å².